The van der Waals surface area contributed by atoms with Gasteiger partial charge in [-0.15, -0.1) is 0 Å². The first kappa shape index (κ1) is 13.3. The predicted octanol–water partition coefficient (Wildman–Crippen LogP) is 0.890. The molecule has 0 saturated heterocycles. The van der Waals surface area contributed by atoms with Gasteiger partial charge in [0.1, 0.15) is 6.10 Å². The zero-order chi connectivity index (χ0) is 12.8. The van der Waals surface area contributed by atoms with E-state index in [-0.39, 0.29) is 0 Å². The summed E-state index contributed by atoms with van der Waals surface area (Å²) in [6, 6.07) is 6.97. The molecule has 0 fully saturated rings. The van der Waals surface area contributed by atoms with E-state index in [9.17, 15) is 13.2 Å². The van der Waals surface area contributed by atoms with Gasteiger partial charge in [0.2, 0.25) is 0 Å². The van der Waals surface area contributed by atoms with E-state index in [1.54, 1.807) is 30.3 Å². The molecule has 2 atom stereocenters. The molecule has 0 aliphatic heterocycles. The summed E-state index contributed by atoms with van der Waals surface area (Å²) in [6.07, 6.45) is -0.938. The van der Waals surface area contributed by atoms with Gasteiger partial charge in [0.25, 0.3) is 0 Å². The molecule has 0 amide bonds. The number of rotatable bonds is 5. The Bertz CT molecular complexity index is 503. The Morgan fingerprint density at radius 1 is 1.35 bits per heavy atom. The van der Waals surface area contributed by atoms with Crippen molar-refractivity contribution in [3.63, 3.8) is 0 Å². The molecule has 1 N–H and O–H groups in total. The number of carboxylic acids is 1. The molecule has 1 aromatic rings. The quantitative estimate of drug-likeness (QED) is 0.845. The Balaban J connectivity index is 3.15. The van der Waals surface area contributed by atoms with Crippen LogP contribution in [-0.4, -0.2) is 32.6 Å². The van der Waals surface area contributed by atoms with Crippen molar-refractivity contribution in [2.24, 2.45) is 4.36 Å². The highest BCUT2D eigenvalue weighted by atomic mass is 32.2. The second-order valence-corrected chi connectivity index (χ2v) is 3.82. The van der Waals surface area contributed by atoms with Crippen LogP contribution in [0.25, 0.3) is 0 Å². The van der Waals surface area contributed by atoms with Crippen molar-refractivity contribution in [3.05, 3.63) is 35.9 Å². The second-order valence-electron chi connectivity index (χ2n) is 3.17. The number of ether oxygens (including phenoxy) is 1. The van der Waals surface area contributed by atoms with E-state index in [1.807, 2.05) is 0 Å². The molecule has 0 saturated carbocycles. The lowest BCUT2D eigenvalue weighted by Crippen LogP contribution is -2.27. The molecule has 0 aromatic heterocycles. The smallest absolute Gasteiger partial charge is 0.332 e. The largest absolute Gasteiger partial charge is 0.480 e. The molecular formula is C10H11NO5S. The topological polar surface area (TPSA) is 93.0 Å². The number of hydrogen-bond acceptors (Lipinski definition) is 5. The Morgan fingerprint density at radius 3 is 2.35 bits per heavy atom. The normalized spacial score (nSPS) is 13.7. The third-order valence-corrected chi connectivity index (χ3v) is 2.52. The van der Waals surface area contributed by atoms with Crippen molar-refractivity contribution in [1.82, 2.24) is 0 Å². The van der Waals surface area contributed by atoms with Crippen LogP contribution in [0.4, 0.5) is 0 Å². The molecule has 0 aliphatic rings. The first-order valence-electron chi connectivity index (χ1n) is 4.67. The average molecular weight is 257 g/mol. The number of benzene rings is 1. The monoisotopic (exact) mass is 257 g/mol. The highest BCUT2D eigenvalue weighted by molar-refractivity contribution is 7.61. The molecule has 92 valence electrons. The zero-order valence-electron chi connectivity index (χ0n) is 8.98. The highest BCUT2D eigenvalue weighted by Gasteiger charge is 2.29. The molecule has 17 heavy (non-hydrogen) atoms. The first-order valence-corrected chi connectivity index (χ1v) is 5.70. The van der Waals surface area contributed by atoms with Gasteiger partial charge in [0, 0.05) is 7.11 Å². The first-order chi connectivity index (χ1) is 8.06. The zero-order valence-corrected chi connectivity index (χ0v) is 9.79. The molecule has 1 rings (SSSR count). The fourth-order valence-electron chi connectivity index (χ4n) is 1.41. The van der Waals surface area contributed by atoms with Crippen molar-refractivity contribution >= 4 is 16.5 Å². The number of carboxylic acid groups (broad SMARTS) is 1. The highest BCUT2D eigenvalue weighted by Crippen LogP contribution is 2.22. The van der Waals surface area contributed by atoms with Crippen molar-refractivity contribution in [3.8, 4) is 0 Å². The van der Waals surface area contributed by atoms with Crippen LogP contribution in [0.5, 0.6) is 0 Å². The van der Waals surface area contributed by atoms with Gasteiger partial charge in [-0.2, -0.15) is 12.8 Å². The summed E-state index contributed by atoms with van der Waals surface area (Å²) < 4.78 is 29.1. The van der Waals surface area contributed by atoms with Crippen molar-refractivity contribution in [2.75, 3.05) is 7.11 Å². The molecular weight excluding hydrogens is 246 g/mol. The number of aliphatic carboxylic acids is 1. The van der Waals surface area contributed by atoms with Gasteiger partial charge in [-0.05, 0) is 5.56 Å². The SMILES string of the molecule is COC(c1ccccc1)C(N=S(=O)=O)C(=O)O. The molecule has 0 bridgehead atoms. The van der Waals surface area contributed by atoms with Crippen LogP contribution >= 0.6 is 0 Å². The minimum absolute atomic E-state index is 0.552. The standard InChI is InChI=1S/C10H11NO5S/c1-16-9(7-5-3-2-4-6-7)8(10(12)13)11-17(14)15/h2-6,8-9H,1H3,(H,12,13). The molecule has 6 nitrogen and oxygen atoms in total. The summed E-state index contributed by atoms with van der Waals surface area (Å²) >= 11 is 0. The van der Waals surface area contributed by atoms with Crippen LogP contribution in [0.3, 0.4) is 0 Å². The number of nitrogens with zero attached hydrogens (tertiary/aromatic N) is 1. The average Bonchev–Trinajstić information content (AvgIpc) is 2.29. The van der Waals surface area contributed by atoms with Crippen LogP contribution in [0, 0.1) is 0 Å². The van der Waals surface area contributed by atoms with Gasteiger partial charge >= 0.3 is 16.5 Å². The molecule has 1 aromatic carbocycles. The molecule has 0 heterocycles. The lowest BCUT2D eigenvalue weighted by atomic mass is 10.0. The Morgan fingerprint density at radius 2 is 1.94 bits per heavy atom. The van der Waals surface area contributed by atoms with E-state index in [0.717, 1.165) is 0 Å². The van der Waals surface area contributed by atoms with Crippen LogP contribution in [-0.2, 0) is 20.0 Å². The summed E-state index contributed by atoms with van der Waals surface area (Å²) in [6.45, 7) is 0. The Kier molecular flexibility index (Phi) is 4.80. The van der Waals surface area contributed by atoms with Crippen LogP contribution in [0.1, 0.15) is 11.7 Å². The third-order valence-electron chi connectivity index (χ3n) is 2.12. The second kappa shape index (κ2) is 6.12. The van der Waals surface area contributed by atoms with E-state index in [4.69, 9.17) is 9.84 Å². The van der Waals surface area contributed by atoms with Crippen LogP contribution in [0.15, 0.2) is 34.7 Å². The lowest BCUT2D eigenvalue weighted by Gasteiger charge is -2.18. The van der Waals surface area contributed by atoms with E-state index in [1.165, 1.54) is 7.11 Å². The molecule has 2 unspecified atom stereocenters. The summed E-state index contributed by atoms with van der Waals surface area (Å²) in [7, 11) is -1.50. The van der Waals surface area contributed by atoms with Gasteiger partial charge in [0.15, 0.2) is 6.04 Å². The van der Waals surface area contributed by atoms with Gasteiger partial charge in [-0.3, -0.25) is 0 Å². The van der Waals surface area contributed by atoms with E-state index < -0.39 is 28.6 Å². The maximum atomic E-state index is 11.0. The molecule has 0 aliphatic carbocycles. The van der Waals surface area contributed by atoms with Crippen molar-refractivity contribution < 1.29 is 23.1 Å². The Labute approximate surface area is 99.6 Å². The Hall–Kier alpha value is -1.73. The van der Waals surface area contributed by atoms with E-state index >= 15 is 0 Å². The van der Waals surface area contributed by atoms with E-state index in [2.05, 4.69) is 4.36 Å². The predicted molar refractivity (Wildman–Crippen MR) is 59.0 cm³/mol. The summed E-state index contributed by atoms with van der Waals surface area (Å²) in [5.41, 5.74) is 0.552. The van der Waals surface area contributed by atoms with Crippen LogP contribution < -0.4 is 0 Å². The molecule has 7 heteroatoms. The summed E-state index contributed by atoms with van der Waals surface area (Å²) in [4.78, 5) is 11.0. The van der Waals surface area contributed by atoms with Gasteiger partial charge in [-0.1, -0.05) is 30.3 Å². The van der Waals surface area contributed by atoms with Crippen molar-refractivity contribution in [1.29, 1.82) is 0 Å². The maximum Gasteiger partial charge on any atom is 0.332 e. The summed E-state index contributed by atoms with van der Waals surface area (Å²) in [5, 5.41) is 8.94. The van der Waals surface area contributed by atoms with Crippen molar-refractivity contribution in [2.45, 2.75) is 12.1 Å². The molecule has 0 spiro atoms. The summed E-state index contributed by atoms with van der Waals surface area (Å²) in [5.74, 6) is -1.36. The minimum atomic E-state index is -2.80. The minimum Gasteiger partial charge on any atom is -0.480 e. The lowest BCUT2D eigenvalue weighted by molar-refractivity contribution is -0.141. The van der Waals surface area contributed by atoms with Gasteiger partial charge in [0.05, 0.1) is 0 Å². The fourth-order valence-corrected chi connectivity index (χ4v) is 1.80. The number of methoxy groups -OCH3 is 1. The van der Waals surface area contributed by atoms with Gasteiger partial charge < -0.3 is 9.84 Å². The number of carbonyl (C=O) groups is 1. The van der Waals surface area contributed by atoms with Gasteiger partial charge in [-0.25, -0.2) is 4.79 Å². The maximum absolute atomic E-state index is 11.0. The van der Waals surface area contributed by atoms with Crippen LogP contribution in [0.2, 0.25) is 0 Å². The fraction of sp³-hybridized carbons (Fsp3) is 0.300. The molecule has 0 radical (unpaired) electrons. The third kappa shape index (κ3) is 3.65. The van der Waals surface area contributed by atoms with E-state index in [0.29, 0.717) is 5.56 Å². The number of hydrogen-bond donors (Lipinski definition) is 1.